The number of morpholine rings is 1. The molecule has 2 unspecified atom stereocenters. The van der Waals surface area contributed by atoms with Gasteiger partial charge in [-0.15, -0.1) is 0 Å². The highest BCUT2D eigenvalue weighted by Gasteiger charge is 2.24. The number of aliphatic hydroxyl groups excluding tert-OH is 1. The fourth-order valence-corrected chi connectivity index (χ4v) is 2.58. The van der Waals surface area contributed by atoms with Crippen LogP contribution in [-0.4, -0.2) is 46.9 Å². The summed E-state index contributed by atoms with van der Waals surface area (Å²) in [5.41, 5.74) is 7.72. The molecule has 4 nitrogen and oxygen atoms in total. The van der Waals surface area contributed by atoms with Crippen molar-refractivity contribution in [1.29, 1.82) is 0 Å². The average molecular weight is 280 g/mol. The van der Waals surface area contributed by atoms with E-state index in [4.69, 9.17) is 22.7 Å². The number of rotatable bonds is 4. The molecule has 0 aliphatic carbocycles. The van der Waals surface area contributed by atoms with Crippen molar-refractivity contribution in [3.05, 3.63) is 35.4 Å². The monoisotopic (exact) mass is 280 g/mol. The van der Waals surface area contributed by atoms with Crippen LogP contribution in [0.1, 0.15) is 18.1 Å². The van der Waals surface area contributed by atoms with Gasteiger partial charge in [0.15, 0.2) is 0 Å². The van der Waals surface area contributed by atoms with Crippen molar-refractivity contribution in [1.82, 2.24) is 4.90 Å². The molecular weight excluding hydrogens is 260 g/mol. The van der Waals surface area contributed by atoms with Crippen molar-refractivity contribution in [2.45, 2.75) is 25.7 Å². The van der Waals surface area contributed by atoms with Crippen LogP contribution in [0.5, 0.6) is 0 Å². The molecule has 0 saturated carbocycles. The molecule has 0 amide bonds. The van der Waals surface area contributed by atoms with E-state index in [2.05, 4.69) is 11.0 Å². The Balaban J connectivity index is 2.03. The molecule has 104 valence electrons. The molecule has 0 bridgehead atoms. The summed E-state index contributed by atoms with van der Waals surface area (Å²) in [7, 11) is 0. The van der Waals surface area contributed by atoms with E-state index in [-0.39, 0.29) is 18.8 Å². The first-order valence-electron chi connectivity index (χ1n) is 6.46. The maximum absolute atomic E-state index is 9.22. The van der Waals surface area contributed by atoms with Gasteiger partial charge in [0.05, 0.1) is 18.8 Å². The lowest BCUT2D eigenvalue weighted by Gasteiger charge is -2.36. The summed E-state index contributed by atoms with van der Waals surface area (Å²) in [6.07, 6.45) is 0.0483. The minimum absolute atomic E-state index is 0.0633. The Morgan fingerprint density at radius 2 is 2.32 bits per heavy atom. The Labute approximate surface area is 119 Å². The molecule has 0 radical (unpaired) electrons. The van der Waals surface area contributed by atoms with Crippen molar-refractivity contribution in [3.63, 3.8) is 0 Å². The van der Waals surface area contributed by atoms with E-state index >= 15 is 0 Å². The standard InChI is InChI=1S/C14H20N2O2S/c1-10-6-16(8-13(9-17)18-10)7-11-3-2-4-12(5-11)14(15)19/h2-5,10,13,17H,6-9H2,1H3,(H2,15,19). The number of thiocarbonyl (C=S) groups is 1. The molecule has 1 aromatic carbocycles. The van der Waals surface area contributed by atoms with Crippen molar-refractivity contribution < 1.29 is 9.84 Å². The van der Waals surface area contributed by atoms with E-state index in [1.54, 1.807) is 0 Å². The first-order valence-corrected chi connectivity index (χ1v) is 6.86. The molecule has 1 fully saturated rings. The topological polar surface area (TPSA) is 58.7 Å². The normalized spacial score (nSPS) is 24.3. The van der Waals surface area contributed by atoms with Crippen molar-refractivity contribution >= 4 is 17.2 Å². The van der Waals surface area contributed by atoms with Gasteiger partial charge in [0.1, 0.15) is 4.99 Å². The molecule has 2 atom stereocenters. The third kappa shape index (κ3) is 3.98. The van der Waals surface area contributed by atoms with Gasteiger partial charge in [-0.3, -0.25) is 4.90 Å². The molecule has 5 heteroatoms. The van der Waals surface area contributed by atoms with E-state index in [0.717, 1.165) is 25.2 Å². The van der Waals surface area contributed by atoms with Crippen LogP contribution in [0.15, 0.2) is 24.3 Å². The Morgan fingerprint density at radius 1 is 1.53 bits per heavy atom. The number of benzene rings is 1. The van der Waals surface area contributed by atoms with E-state index in [1.807, 2.05) is 25.1 Å². The summed E-state index contributed by atoms with van der Waals surface area (Å²) in [5.74, 6) is 0. The molecule has 1 aliphatic rings. The van der Waals surface area contributed by atoms with Gasteiger partial charge in [-0.1, -0.05) is 30.4 Å². The first-order chi connectivity index (χ1) is 9.08. The number of hydrogen-bond donors (Lipinski definition) is 2. The van der Waals surface area contributed by atoms with Gasteiger partial charge >= 0.3 is 0 Å². The summed E-state index contributed by atoms with van der Waals surface area (Å²) in [6, 6.07) is 7.98. The molecule has 1 aliphatic heterocycles. The predicted molar refractivity (Wildman–Crippen MR) is 79.0 cm³/mol. The van der Waals surface area contributed by atoms with Gasteiger partial charge in [-0.05, 0) is 18.6 Å². The largest absolute Gasteiger partial charge is 0.394 e. The average Bonchev–Trinajstić information content (AvgIpc) is 2.38. The lowest BCUT2D eigenvalue weighted by Crippen LogP contribution is -2.47. The fourth-order valence-electron chi connectivity index (χ4n) is 2.45. The van der Waals surface area contributed by atoms with Crippen LogP contribution in [0, 0.1) is 0 Å². The van der Waals surface area contributed by atoms with Gasteiger partial charge in [0, 0.05) is 25.2 Å². The molecule has 1 saturated heterocycles. The molecule has 19 heavy (non-hydrogen) atoms. The van der Waals surface area contributed by atoms with Gasteiger partial charge in [-0.25, -0.2) is 0 Å². The molecule has 2 rings (SSSR count). The quantitative estimate of drug-likeness (QED) is 0.803. The third-order valence-electron chi connectivity index (χ3n) is 3.22. The third-order valence-corrected chi connectivity index (χ3v) is 3.46. The zero-order valence-electron chi connectivity index (χ0n) is 11.1. The second kappa shape index (κ2) is 6.43. The molecule has 0 spiro atoms. The molecule has 1 heterocycles. The smallest absolute Gasteiger partial charge is 0.103 e. The minimum Gasteiger partial charge on any atom is -0.394 e. The summed E-state index contributed by atoms with van der Waals surface area (Å²) >= 11 is 4.99. The van der Waals surface area contributed by atoms with Crippen molar-refractivity contribution in [2.75, 3.05) is 19.7 Å². The number of nitrogens with zero attached hydrogens (tertiary/aromatic N) is 1. The number of nitrogens with two attached hydrogens (primary N) is 1. The SMILES string of the molecule is CC1CN(Cc2cccc(C(N)=S)c2)CC(CO)O1. The molecule has 3 N–H and O–H groups in total. The van der Waals surface area contributed by atoms with Crippen LogP contribution < -0.4 is 5.73 Å². The number of ether oxygens (including phenoxy) is 1. The number of hydrogen-bond acceptors (Lipinski definition) is 4. The first kappa shape index (κ1) is 14.4. The second-order valence-corrected chi connectivity index (χ2v) is 5.45. The van der Waals surface area contributed by atoms with Gasteiger partial charge in [-0.2, -0.15) is 0 Å². The van der Waals surface area contributed by atoms with Crippen LogP contribution in [0.4, 0.5) is 0 Å². The van der Waals surface area contributed by atoms with Crippen LogP contribution in [0.25, 0.3) is 0 Å². The summed E-state index contributed by atoms with van der Waals surface area (Å²) in [5, 5.41) is 9.22. The van der Waals surface area contributed by atoms with Crippen molar-refractivity contribution in [3.8, 4) is 0 Å². The lowest BCUT2D eigenvalue weighted by atomic mass is 10.1. The van der Waals surface area contributed by atoms with E-state index in [0.29, 0.717) is 4.99 Å². The lowest BCUT2D eigenvalue weighted by molar-refractivity contribution is -0.0972. The van der Waals surface area contributed by atoms with Gasteiger partial charge in [0.25, 0.3) is 0 Å². The highest BCUT2D eigenvalue weighted by molar-refractivity contribution is 7.80. The fraction of sp³-hybridized carbons (Fsp3) is 0.500. The van der Waals surface area contributed by atoms with E-state index in [1.165, 1.54) is 5.56 Å². The second-order valence-electron chi connectivity index (χ2n) is 5.01. The zero-order valence-corrected chi connectivity index (χ0v) is 11.9. The Kier molecular flexibility index (Phi) is 4.87. The summed E-state index contributed by atoms with van der Waals surface area (Å²) in [4.78, 5) is 2.71. The van der Waals surface area contributed by atoms with Gasteiger partial charge in [0.2, 0.25) is 0 Å². The Morgan fingerprint density at radius 3 is 3.00 bits per heavy atom. The predicted octanol–water partition coefficient (Wildman–Crippen LogP) is 0.902. The summed E-state index contributed by atoms with van der Waals surface area (Å²) < 4.78 is 5.63. The molecule has 1 aromatic rings. The van der Waals surface area contributed by atoms with Crippen LogP contribution >= 0.6 is 12.2 Å². The minimum atomic E-state index is -0.0949. The zero-order chi connectivity index (χ0) is 13.8. The highest BCUT2D eigenvalue weighted by atomic mass is 32.1. The van der Waals surface area contributed by atoms with Gasteiger partial charge < -0.3 is 15.6 Å². The maximum Gasteiger partial charge on any atom is 0.103 e. The van der Waals surface area contributed by atoms with E-state index in [9.17, 15) is 5.11 Å². The van der Waals surface area contributed by atoms with Crippen LogP contribution in [0.2, 0.25) is 0 Å². The maximum atomic E-state index is 9.22. The molecular formula is C14H20N2O2S. The molecule has 0 aromatic heterocycles. The highest BCUT2D eigenvalue weighted by Crippen LogP contribution is 2.15. The number of aliphatic hydroxyl groups is 1. The van der Waals surface area contributed by atoms with E-state index < -0.39 is 0 Å². The van der Waals surface area contributed by atoms with Crippen LogP contribution in [0.3, 0.4) is 0 Å². The van der Waals surface area contributed by atoms with Crippen LogP contribution in [-0.2, 0) is 11.3 Å². The Hall–Kier alpha value is -1.01. The Bertz CT molecular complexity index is 453. The van der Waals surface area contributed by atoms with Crippen molar-refractivity contribution in [2.24, 2.45) is 5.73 Å². The summed E-state index contributed by atoms with van der Waals surface area (Å²) in [6.45, 7) is 4.53.